The highest BCUT2D eigenvalue weighted by molar-refractivity contribution is 6.08. The van der Waals surface area contributed by atoms with E-state index in [0.29, 0.717) is 95.3 Å². The van der Waals surface area contributed by atoms with Crippen LogP contribution >= 0.6 is 0 Å². The van der Waals surface area contributed by atoms with Crippen LogP contribution in [0.3, 0.4) is 0 Å². The van der Waals surface area contributed by atoms with Crippen LogP contribution < -0.4 is 66.6 Å². The number of methoxy groups -OCH3 is 10. The summed E-state index contributed by atoms with van der Waals surface area (Å²) in [6.45, 7) is 10.3. The summed E-state index contributed by atoms with van der Waals surface area (Å²) in [6, 6.07) is 54.6. The Kier molecular flexibility index (Phi) is 29.5. The molecular formula is C108H108N10O21. The molecule has 0 bridgehead atoms. The predicted octanol–water partition coefficient (Wildman–Crippen LogP) is 17.8. The summed E-state index contributed by atoms with van der Waals surface area (Å²) in [5.74, 6) is 5.28. The molecule has 0 fully saturated rings. The van der Waals surface area contributed by atoms with E-state index in [4.69, 9.17) is 95.7 Å². The predicted molar refractivity (Wildman–Crippen MR) is 525 cm³/mol. The first-order valence-electron chi connectivity index (χ1n) is 45.5. The Morgan fingerprint density at radius 2 is 0.705 bits per heavy atom. The van der Waals surface area contributed by atoms with Crippen molar-refractivity contribution in [2.45, 2.75) is 95.3 Å². The lowest BCUT2D eigenvalue weighted by atomic mass is 9.94. The molecule has 6 atom stereocenters. The molecule has 31 heteroatoms. The van der Waals surface area contributed by atoms with Crippen molar-refractivity contribution < 1.29 is 99.8 Å². The molecule has 0 N–H and O–H groups in total. The fourth-order valence-corrected chi connectivity index (χ4v) is 18.4. The van der Waals surface area contributed by atoms with Gasteiger partial charge in [0, 0.05) is 83.6 Å². The lowest BCUT2D eigenvalue weighted by Crippen LogP contribution is -2.55. The van der Waals surface area contributed by atoms with Gasteiger partial charge in [-0.3, -0.25) is 39.2 Å². The zero-order valence-electron chi connectivity index (χ0n) is 79.0. The van der Waals surface area contributed by atoms with Gasteiger partial charge in [0.15, 0.2) is 58.5 Å². The van der Waals surface area contributed by atoms with Gasteiger partial charge in [0.1, 0.15) is 62.6 Å². The Bertz CT molecular complexity index is 6270. The van der Waals surface area contributed by atoms with E-state index in [1.807, 2.05) is 145 Å². The summed E-state index contributed by atoms with van der Waals surface area (Å²) in [6.07, 6.45) is 14.2. The van der Waals surface area contributed by atoms with Crippen LogP contribution in [0.1, 0.15) is 107 Å². The van der Waals surface area contributed by atoms with E-state index in [1.165, 1.54) is 61.5 Å². The minimum atomic E-state index is -1.02. The molecule has 10 heterocycles. The van der Waals surface area contributed by atoms with Gasteiger partial charge in [0.05, 0.1) is 143 Å². The number of nitrogens with zero attached hydrogens (tertiary/aromatic N) is 10. The first-order chi connectivity index (χ1) is 67.8. The molecule has 0 saturated carbocycles. The number of ether oxygens (including phenoxy) is 16. The van der Waals surface area contributed by atoms with E-state index in [0.717, 1.165) is 87.8 Å². The third-order valence-electron chi connectivity index (χ3n) is 25.5. The van der Waals surface area contributed by atoms with E-state index >= 15 is 0 Å². The zero-order chi connectivity index (χ0) is 96.9. The minimum absolute atomic E-state index is 0.0725. The number of hydrogen-bond acceptors (Lipinski definition) is 26. The van der Waals surface area contributed by atoms with E-state index in [-0.39, 0.29) is 115 Å². The molecular weight excluding hydrogens is 1770 g/mol. The highest BCUT2D eigenvalue weighted by Crippen LogP contribution is 2.48. The number of aliphatic imine (C=N–C) groups is 2. The summed E-state index contributed by atoms with van der Waals surface area (Å²) in [5, 5.41) is 0. The molecule has 0 aliphatic carbocycles. The van der Waals surface area contributed by atoms with Crippen molar-refractivity contribution in [1.82, 2.24) is 29.6 Å². The van der Waals surface area contributed by atoms with Gasteiger partial charge in [-0.05, 0) is 173 Å². The van der Waals surface area contributed by atoms with Gasteiger partial charge in [-0.1, -0.05) is 110 Å². The number of carbonyl (C=O) groups excluding carboxylic acids is 5. The number of aromatic nitrogens is 2. The molecule has 10 aromatic rings. The second-order valence-electron chi connectivity index (χ2n) is 33.5. The van der Waals surface area contributed by atoms with Crippen molar-refractivity contribution in [2.75, 3.05) is 120 Å². The Morgan fingerprint density at radius 3 is 1.09 bits per heavy atom. The van der Waals surface area contributed by atoms with Crippen molar-refractivity contribution >= 4 is 87.4 Å². The molecule has 0 saturated heterocycles. The van der Waals surface area contributed by atoms with Gasteiger partial charge < -0.3 is 90.5 Å². The molecule has 716 valence electrons. The average Bonchev–Trinajstić information content (AvgIpc) is 1.60. The summed E-state index contributed by atoms with van der Waals surface area (Å²) in [7, 11) is 15.6. The van der Waals surface area contributed by atoms with Crippen molar-refractivity contribution in [2.24, 2.45) is 9.98 Å². The quantitative estimate of drug-likeness (QED) is 0.0378. The SMILES string of the molecule is C=CCOC(=O)N1c2cc(OCc3cccc(COc4cc5c(cc4OC)C(=O)N4CCC(c6ccc(OC)cc6)=C[C@H]4C(OC)N5C(=O)OCC=C)n3)c(OC)cc2C(=O)N2CCC(c3ccc(OC)cc3)=C[C@H]2C1OC.COc1ccc(C2=C[C@H]3C=Nc4cc(OCc5cccc(COc6cc7c(cc6OC)C(=O)N6CCC(c8ccc(OC)cc8)=C[C@H]6C=N7)n5)c(OC)cc4CN3CC2)cc1. The Hall–Kier alpha value is -15.7. The van der Waals surface area contributed by atoms with Crippen molar-refractivity contribution in [3.05, 3.63) is 299 Å². The topological polar surface area (TPSA) is 303 Å². The van der Waals surface area contributed by atoms with Gasteiger partial charge in [-0.25, -0.2) is 19.4 Å². The highest BCUT2D eigenvalue weighted by atomic mass is 16.6. The summed E-state index contributed by atoms with van der Waals surface area (Å²) >= 11 is 0. The van der Waals surface area contributed by atoms with Crippen molar-refractivity contribution in [3.63, 3.8) is 0 Å². The third-order valence-corrected chi connectivity index (χ3v) is 25.5. The summed E-state index contributed by atoms with van der Waals surface area (Å²) in [4.78, 5) is 101. The molecule has 5 amide bonds. The van der Waals surface area contributed by atoms with Crippen LogP contribution in [-0.4, -0.2) is 219 Å². The second-order valence-corrected chi connectivity index (χ2v) is 33.5. The van der Waals surface area contributed by atoms with Gasteiger partial charge in [0.2, 0.25) is 0 Å². The van der Waals surface area contributed by atoms with Crippen LogP contribution in [0.4, 0.5) is 32.3 Å². The van der Waals surface area contributed by atoms with Gasteiger partial charge >= 0.3 is 12.2 Å². The normalized spacial score (nSPS) is 18.3. The fraction of sp³-hybridized carbons (Fsp3) is 0.287. The van der Waals surface area contributed by atoms with Gasteiger partial charge in [0.25, 0.3) is 17.7 Å². The molecule has 0 radical (unpaired) electrons. The molecule has 8 aliphatic rings. The number of carbonyl (C=O) groups is 5. The van der Waals surface area contributed by atoms with E-state index in [9.17, 15) is 24.0 Å². The van der Waals surface area contributed by atoms with E-state index < -0.39 is 36.7 Å². The molecule has 139 heavy (non-hydrogen) atoms. The average molecular weight is 1880 g/mol. The lowest BCUT2D eigenvalue weighted by Gasteiger charge is -2.39. The maximum atomic E-state index is 14.6. The third kappa shape index (κ3) is 20.4. The monoisotopic (exact) mass is 1880 g/mol. The zero-order valence-corrected chi connectivity index (χ0v) is 79.0. The number of amides is 5. The number of anilines is 2. The van der Waals surface area contributed by atoms with Crippen molar-refractivity contribution in [3.8, 4) is 69.0 Å². The van der Waals surface area contributed by atoms with Crippen LogP contribution in [0, 0.1) is 0 Å². The number of hydrogen-bond donors (Lipinski definition) is 0. The maximum Gasteiger partial charge on any atom is 0.416 e. The first-order valence-corrected chi connectivity index (χ1v) is 45.5. The number of rotatable bonds is 30. The fourth-order valence-electron chi connectivity index (χ4n) is 18.4. The number of fused-ring (bicyclic) bond motifs is 8. The van der Waals surface area contributed by atoms with Gasteiger partial charge in [-0.15, -0.1) is 0 Å². The van der Waals surface area contributed by atoms with Crippen LogP contribution in [0.2, 0.25) is 0 Å². The number of pyridine rings is 2. The number of benzene rings is 8. The minimum Gasteiger partial charge on any atom is -0.497 e. The Labute approximate surface area is 805 Å². The smallest absolute Gasteiger partial charge is 0.416 e. The lowest BCUT2D eigenvalue weighted by molar-refractivity contribution is 0.0274. The molecule has 2 unspecified atom stereocenters. The molecule has 2 aromatic heterocycles. The molecule has 8 aromatic carbocycles. The second kappa shape index (κ2) is 43.1. The summed E-state index contributed by atoms with van der Waals surface area (Å²) in [5.41, 5.74) is 14.6. The Balaban J connectivity index is 0.000000198. The van der Waals surface area contributed by atoms with E-state index in [1.54, 1.807) is 107 Å². The van der Waals surface area contributed by atoms with Crippen molar-refractivity contribution in [1.29, 1.82) is 0 Å². The molecule has 31 nitrogen and oxygen atoms in total. The molecule has 0 spiro atoms. The maximum absolute atomic E-state index is 14.6. The summed E-state index contributed by atoms with van der Waals surface area (Å²) < 4.78 is 93.4. The Morgan fingerprint density at radius 1 is 0.367 bits per heavy atom. The van der Waals surface area contributed by atoms with Crippen LogP contribution in [0.15, 0.2) is 242 Å². The largest absolute Gasteiger partial charge is 0.497 e. The molecule has 18 rings (SSSR count). The van der Waals surface area contributed by atoms with Crippen LogP contribution in [0.5, 0.6) is 69.0 Å². The first kappa shape index (κ1) is 95.0. The van der Waals surface area contributed by atoms with Gasteiger partial charge in [-0.2, -0.15) is 0 Å². The highest BCUT2D eigenvalue weighted by Gasteiger charge is 2.48. The molecule has 8 aliphatic heterocycles. The van der Waals surface area contributed by atoms with Crippen LogP contribution in [0.25, 0.3) is 22.3 Å². The standard InChI is InChI=1S/C59H61N5O14.C49H47N5O7/c1-9-26-75-58(67)63-46-32-52(50(71-5)30-44(46)54(65)61-24-22-38(28-48(61)56(63)73-7)36-14-18-42(69-3)19-15-36)77-34-40-12-11-13-41(60-40)35-78-53-33-47-45(31-51(53)72-6)55(66)62-25-23-39(37-16-20-43(70-4)21-17-37)29-49(62)57(74-8)64(47)59(68)76-27-10-2;1-56-40-12-8-31(9-13-40)33-16-18-53-28-35-22-45(58-3)47(24-43(35)50-26-38(53)20-33)60-29-36-6-5-7-37(52-36)30-61-48-25-44-42(23-46(48)59-4)49(55)54-19-17-34(21-39(54)27-51-44)32-10-14-41(57-2)15-11-32/h9-21,28-33,48-49,56-57H,1-2,22-27,34-35H2,3-8H3;5-15,20-27,38-39H,16-19,28-30H2,1-4H3/t48-,49-,56?,57?;38-,39-/m00/s1. The van der Waals surface area contributed by atoms with Crippen LogP contribution in [-0.2, 0) is 51.9 Å². The van der Waals surface area contributed by atoms with E-state index in [2.05, 4.69) is 42.3 Å².